The number of aromatic nitrogens is 2. The van der Waals surface area contributed by atoms with Crippen molar-refractivity contribution in [2.24, 2.45) is 0 Å². The van der Waals surface area contributed by atoms with Gasteiger partial charge in [-0.2, -0.15) is 8.42 Å². The molecule has 0 amide bonds. The zero-order valence-electron chi connectivity index (χ0n) is 9.13. The molecule has 0 bridgehead atoms. The van der Waals surface area contributed by atoms with Crippen molar-refractivity contribution in [1.82, 2.24) is 9.97 Å². The maximum atomic E-state index is 11.5. The standard InChI is InChI=1S/C11H10N2O4S/c14-11(18(15,16)17,9-5-1-3-7-12-9)10-6-2-4-8-13-10/h1-8,14H,(H,15,16,17). The van der Waals surface area contributed by atoms with Crippen LogP contribution >= 0.6 is 0 Å². The molecule has 0 atom stereocenters. The molecule has 2 aromatic rings. The lowest BCUT2D eigenvalue weighted by molar-refractivity contribution is 0.145. The van der Waals surface area contributed by atoms with E-state index in [9.17, 15) is 18.1 Å². The molecule has 0 spiro atoms. The first-order valence-corrected chi connectivity index (χ1v) is 6.42. The molecule has 2 heterocycles. The smallest absolute Gasteiger partial charge is 0.307 e. The average Bonchev–Trinajstić information content (AvgIpc) is 2.38. The van der Waals surface area contributed by atoms with Gasteiger partial charge in [0.15, 0.2) is 0 Å². The Kier molecular flexibility index (Phi) is 3.12. The van der Waals surface area contributed by atoms with Gasteiger partial charge in [0.05, 0.1) is 11.4 Å². The van der Waals surface area contributed by atoms with Crippen molar-refractivity contribution >= 4 is 10.1 Å². The molecule has 0 saturated carbocycles. The summed E-state index contributed by atoms with van der Waals surface area (Å²) in [4.78, 5) is 4.86. The SMILES string of the molecule is O=S(=O)(O)C(O)(c1ccccn1)c1ccccn1. The van der Waals surface area contributed by atoms with Gasteiger partial charge in [-0.15, -0.1) is 0 Å². The number of pyridine rings is 2. The van der Waals surface area contributed by atoms with Gasteiger partial charge in [-0.1, -0.05) is 12.1 Å². The van der Waals surface area contributed by atoms with Crippen LogP contribution in [0.5, 0.6) is 0 Å². The summed E-state index contributed by atoms with van der Waals surface area (Å²) in [6, 6.07) is 8.71. The monoisotopic (exact) mass is 266 g/mol. The summed E-state index contributed by atoms with van der Waals surface area (Å²) < 4.78 is 32.2. The molecule has 0 saturated heterocycles. The summed E-state index contributed by atoms with van der Waals surface area (Å²) in [5, 5.41) is 10.3. The molecular formula is C11H10N2O4S. The van der Waals surface area contributed by atoms with Crippen LogP contribution in [0, 0.1) is 0 Å². The molecule has 0 aliphatic carbocycles. The van der Waals surface area contributed by atoms with Crippen molar-refractivity contribution in [3.05, 3.63) is 60.2 Å². The molecular weight excluding hydrogens is 256 g/mol. The fraction of sp³-hybridized carbons (Fsp3) is 0.0909. The first-order valence-electron chi connectivity index (χ1n) is 4.98. The number of rotatable bonds is 3. The van der Waals surface area contributed by atoms with Crippen LogP contribution in [-0.2, 0) is 15.1 Å². The third kappa shape index (κ3) is 1.99. The number of hydrogen-bond acceptors (Lipinski definition) is 5. The third-order valence-corrected chi connectivity index (χ3v) is 3.56. The highest BCUT2D eigenvalue weighted by atomic mass is 32.2. The van der Waals surface area contributed by atoms with E-state index >= 15 is 0 Å². The largest absolute Gasteiger partial charge is 0.363 e. The molecule has 2 aromatic heterocycles. The van der Waals surface area contributed by atoms with Gasteiger partial charge >= 0.3 is 10.1 Å². The van der Waals surface area contributed by atoms with E-state index in [2.05, 4.69) is 9.97 Å². The van der Waals surface area contributed by atoms with Crippen molar-refractivity contribution in [2.45, 2.75) is 4.93 Å². The van der Waals surface area contributed by atoms with Gasteiger partial charge in [0.1, 0.15) is 0 Å². The number of aliphatic hydroxyl groups is 1. The second-order valence-electron chi connectivity index (χ2n) is 3.55. The summed E-state index contributed by atoms with van der Waals surface area (Å²) >= 11 is 0. The maximum Gasteiger partial charge on any atom is 0.307 e. The number of nitrogens with zero attached hydrogens (tertiary/aromatic N) is 2. The van der Waals surface area contributed by atoms with E-state index in [-0.39, 0.29) is 11.4 Å². The predicted molar refractivity (Wildman–Crippen MR) is 63.0 cm³/mol. The summed E-state index contributed by atoms with van der Waals surface area (Å²) in [5.74, 6) is 0. The summed E-state index contributed by atoms with van der Waals surface area (Å²) in [6.07, 6.45) is 2.63. The molecule has 0 fully saturated rings. The summed E-state index contributed by atoms with van der Waals surface area (Å²) in [6.45, 7) is 0. The first-order chi connectivity index (χ1) is 8.46. The second-order valence-corrected chi connectivity index (χ2v) is 5.09. The van der Waals surface area contributed by atoms with E-state index < -0.39 is 15.1 Å². The lowest BCUT2D eigenvalue weighted by Crippen LogP contribution is -2.38. The van der Waals surface area contributed by atoms with E-state index in [0.29, 0.717) is 0 Å². The Hall–Kier alpha value is -1.83. The molecule has 0 aromatic carbocycles. The highest BCUT2D eigenvalue weighted by Gasteiger charge is 2.47. The third-order valence-electron chi connectivity index (χ3n) is 2.40. The Morgan fingerprint density at radius 3 is 1.67 bits per heavy atom. The molecule has 0 unspecified atom stereocenters. The van der Waals surface area contributed by atoms with E-state index in [1.165, 1.54) is 36.7 Å². The highest BCUT2D eigenvalue weighted by Crippen LogP contribution is 2.31. The first kappa shape index (κ1) is 12.6. The zero-order valence-corrected chi connectivity index (χ0v) is 9.95. The van der Waals surface area contributed by atoms with E-state index in [4.69, 9.17) is 0 Å². The highest BCUT2D eigenvalue weighted by molar-refractivity contribution is 7.86. The van der Waals surface area contributed by atoms with Crippen LogP contribution < -0.4 is 0 Å². The van der Waals surface area contributed by atoms with Crippen molar-refractivity contribution in [2.75, 3.05) is 0 Å². The molecule has 18 heavy (non-hydrogen) atoms. The van der Waals surface area contributed by atoms with Gasteiger partial charge in [0.25, 0.3) is 4.93 Å². The lowest BCUT2D eigenvalue weighted by Gasteiger charge is -2.23. The molecule has 94 valence electrons. The van der Waals surface area contributed by atoms with Gasteiger partial charge in [-0.3, -0.25) is 14.5 Å². The Balaban J connectivity index is 2.72. The van der Waals surface area contributed by atoms with E-state index in [0.717, 1.165) is 0 Å². The van der Waals surface area contributed by atoms with Gasteiger partial charge in [0, 0.05) is 12.4 Å². The summed E-state index contributed by atoms with van der Waals surface area (Å²) in [5.41, 5.74) is -0.433. The lowest BCUT2D eigenvalue weighted by atomic mass is 10.1. The predicted octanol–water partition coefficient (Wildman–Crippen LogP) is 0.558. The normalized spacial score (nSPS) is 12.3. The molecule has 2 rings (SSSR count). The van der Waals surface area contributed by atoms with Crippen LogP contribution in [-0.4, -0.2) is 28.0 Å². The van der Waals surface area contributed by atoms with Crippen LogP contribution in [0.25, 0.3) is 0 Å². The molecule has 7 heteroatoms. The Morgan fingerprint density at radius 1 is 0.944 bits per heavy atom. The minimum atomic E-state index is -4.84. The van der Waals surface area contributed by atoms with Crippen molar-refractivity contribution < 1.29 is 18.1 Å². The van der Waals surface area contributed by atoms with E-state index in [1.54, 1.807) is 12.1 Å². The van der Waals surface area contributed by atoms with Gasteiger partial charge < -0.3 is 5.11 Å². The topological polar surface area (TPSA) is 100 Å². The van der Waals surface area contributed by atoms with Crippen molar-refractivity contribution in [1.29, 1.82) is 0 Å². The Bertz CT molecular complexity index is 589. The molecule has 0 aliphatic heterocycles. The Morgan fingerprint density at radius 2 is 1.39 bits per heavy atom. The fourth-order valence-corrected chi connectivity index (χ4v) is 2.29. The van der Waals surface area contributed by atoms with Crippen LogP contribution in [0.2, 0.25) is 0 Å². The second kappa shape index (κ2) is 4.45. The van der Waals surface area contributed by atoms with Crippen molar-refractivity contribution in [3.8, 4) is 0 Å². The minimum Gasteiger partial charge on any atom is -0.363 e. The molecule has 0 radical (unpaired) electrons. The van der Waals surface area contributed by atoms with Crippen molar-refractivity contribution in [3.63, 3.8) is 0 Å². The van der Waals surface area contributed by atoms with Gasteiger partial charge in [0.2, 0.25) is 0 Å². The van der Waals surface area contributed by atoms with Gasteiger partial charge in [-0.25, -0.2) is 0 Å². The molecule has 6 nitrogen and oxygen atoms in total. The number of hydrogen-bond donors (Lipinski definition) is 2. The van der Waals surface area contributed by atoms with Gasteiger partial charge in [-0.05, 0) is 24.3 Å². The zero-order chi connectivity index (χ0) is 13.2. The van der Waals surface area contributed by atoms with Crippen LogP contribution in [0.4, 0.5) is 0 Å². The minimum absolute atomic E-state index is 0.216. The molecule has 0 aliphatic rings. The molecule has 2 N–H and O–H groups in total. The quantitative estimate of drug-likeness (QED) is 0.787. The fourth-order valence-electron chi connectivity index (χ4n) is 1.52. The Labute approximate surface area is 104 Å². The van der Waals surface area contributed by atoms with Crippen LogP contribution in [0.3, 0.4) is 0 Å². The average molecular weight is 266 g/mol. The van der Waals surface area contributed by atoms with E-state index in [1.807, 2.05) is 0 Å². The maximum absolute atomic E-state index is 11.5. The summed E-state index contributed by atoms with van der Waals surface area (Å²) in [7, 11) is -4.84. The van der Waals surface area contributed by atoms with Crippen LogP contribution in [0.15, 0.2) is 48.8 Å². The van der Waals surface area contributed by atoms with Crippen LogP contribution in [0.1, 0.15) is 11.4 Å².